The summed E-state index contributed by atoms with van der Waals surface area (Å²) < 4.78 is 0. The Morgan fingerprint density at radius 2 is 1.07 bits per heavy atom. The predicted molar refractivity (Wildman–Crippen MR) is 111 cm³/mol. The zero-order valence-corrected chi connectivity index (χ0v) is 17.8. The third-order valence-electron chi connectivity index (χ3n) is 9.61. The van der Waals surface area contributed by atoms with Gasteiger partial charge in [0.25, 0.3) is 0 Å². The van der Waals surface area contributed by atoms with Crippen LogP contribution in [-0.2, 0) is 4.79 Å². The van der Waals surface area contributed by atoms with Crippen LogP contribution in [0.1, 0.15) is 84.0 Å². The van der Waals surface area contributed by atoms with Crippen LogP contribution in [0.4, 0.5) is 4.79 Å². The molecular weight excluding hydrogens is 362 g/mol. The summed E-state index contributed by atoms with van der Waals surface area (Å²) in [6, 6.07) is -0.579. The Balaban J connectivity index is 1.06. The SMILES string of the molecule is C[C@@H](NC12CC3CC(CC(C3)C1)C2)C(=O)NC(=O)NC12CC3CC(CC(C3)C1)C2. The predicted octanol–water partition coefficient (Wildman–Crippen LogP) is 3.73. The molecule has 0 radical (unpaired) electrons. The average Bonchev–Trinajstić information content (AvgIpc) is 2.58. The summed E-state index contributed by atoms with van der Waals surface area (Å²) in [5, 5.41) is 9.65. The van der Waals surface area contributed by atoms with Crippen molar-refractivity contribution >= 4 is 11.9 Å². The number of carbonyl (C=O) groups is 2. The highest BCUT2D eigenvalue weighted by Gasteiger charge is 2.53. The normalized spacial score (nSPS) is 49.8. The molecule has 3 N–H and O–H groups in total. The first-order chi connectivity index (χ1) is 13.9. The number of hydrogen-bond donors (Lipinski definition) is 3. The molecule has 3 amide bonds. The van der Waals surface area contributed by atoms with E-state index in [1.54, 1.807) is 0 Å². The van der Waals surface area contributed by atoms with E-state index in [0.29, 0.717) is 0 Å². The minimum atomic E-state index is -0.312. The molecule has 0 aliphatic heterocycles. The van der Waals surface area contributed by atoms with Crippen molar-refractivity contribution in [2.24, 2.45) is 35.5 Å². The van der Waals surface area contributed by atoms with Gasteiger partial charge in [-0.25, -0.2) is 4.79 Å². The van der Waals surface area contributed by atoms with Crippen molar-refractivity contribution in [3.8, 4) is 0 Å². The molecule has 8 aliphatic carbocycles. The van der Waals surface area contributed by atoms with Crippen LogP contribution in [0.15, 0.2) is 0 Å². The van der Waals surface area contributed by atoms with Crippen LogP contribution in [0.25, 0.3) is 0 Å². The number of carbonyl (C=O) groups excluding carboxylic acids is 2. The summed E-state index contributed by atoms with van der Waals surface area (Å²) in [6.45, 7) is 1.94. The van der Waals surface area contributed by atoms with E-state index in [2.05, 4.69) is 16.0 Å². The first kappa shape index (κ1) is 18.7. The van der Waals surface area contributed by atoms with E-state index < -0.39 is 0 Å². The molecule has 1 atom stereocenters. The zero-order valence-electron chi connectivity index (χ0n) is 17.8. The average molecular weight is 400 g/mol. The lowest BCUT2D eigenvalue weighted by atomic mass is 9.53. The first-order valence-electron chi connectivity index (χ1n) is 12.3. The van der Waals surface area contributed by atoms with Crippen LogP contribution in [0, 0.1) is 35.5 Å². The molecule has 5 heteroatoms. The Morgan fingerprint density at radius 3 is 1.48 bits per heavy atom. The highest BCUT2D eigenvalue weighted by molar-refractivity contribution is 5.97. The van der Waals surface area contributed by atoms with Gasteiger partial charge in [0.05, 0.1) is 6.04 Å². The maximum Gasteiger partial charge on any atom is 0.321 e. The maximum absolute atomic E-state index is 12.8. The van der Waals surface area contributed by atoms with Crippen LogP contribution in [0.5, 0.6) is 0 Å². The van der Waals surface area contributed by atoms with Crippen molar-refractivity contribution in [2.75, 3.05) is 0 Å². The smallest absolute Gasteiger partial charge is 0.321 e. The lowest BCUT2D eigenvalue weighted by Gasteiger charge is -2.57. The second kappa shape index (κ2) is 6.45. The number of urea groups is 1. The second-order valence-electron chi connectivity index (χ2n) is 12.2. The molecule has 29 heavy (non-hydrogen) atoms. The van der Waals surface area contributed by atoms with Gasteiger partial charge in [0.1, 0.15) is 0 Å². The molecule has 5 nitrogen and oxygen atoms in total. The maximum atomic E-state index is 12.8. The third-order valence-corrected chi connectivity index (χ3v) is 9.61. The Hall–Kier alpha value is -1.10. The monoisotopic (exact) mass is 399 g/mol. The van der Waals surface area contributed by atoms with Gasteiger partial charge in [-0.15, -0.1) is 0 Å². The summed E-state index contributed by atoms with van der Waals surface area (Å²) in [5.74, 6) is 4.75. The number of imide groups is 1. The summed E-state index contributed by atoms with van der Waals surface area (Å²) in [6.07, 6.45) is 15.3. The van der Waals surface area contributed by atoms with Gasteiger partial charge in [0.15, 0.2) is 0 Å². The van der Waals surface area contributed by atoms with Crippen molar-refractivity contribution in [1.29, 1.82) is 0 Å². The minimum absolute atomic E-state index is 0.0459. The number of amides is 3. The van der Waals surface area contributed by atoms with Gasteiger partial charge in [-0.3, -0.25) is 10.1 Å². The molecule has 160 valence electrons. The van der Waals surface area contributed by atoms with Crippen LogP contribution < -0.4 is 16.0 Å². The molecule has 0 aromatic rings. The summed E-state index contributed by atoms with van der Waals surface area (Å²) >= 11 is 0. The lowest BCUT2D eigenvalue weighted by Crippen LogP contribution is -2.64. The number of hydrogen-bond acceptors (Lipinski definition) is 3. The molecule has 0 unspecified atom stereocenters. The van der Waals surface area contributed by atoms with Gasteiger partial charge in [-0.05, 0) is 119 Å². The first-order valence-corrected chi connectivity index (χ1v) is 12.3. The van der Waals surface area contributed by atoms with Gasteiger partial charge in [0, 0.05) is 11.1 Å². The van der Waals surface area contributed by atoms with Crippen molar-refractivity contribution in [3.05, 3.63) is 0 Å². The van der Waals surface area contributed by atoms with Gasteiger partial charge < -0.3 is 10.6 Å². The van der Waals surface area contributed by atoms with E-state index in [4.69, 9.17) is 0 Å². The fourth-order valence-electron chi connectivity index (χ4n) is 9.57. The molecule has 8 bridgehead atoms. The van der Waals surface area contributed by atoms with Gasteiger partial charge >= 0.3 is 6.03 Å². The summed E-state index contributed by atoms with van der Waals surface area (Å²) in [5.41, 5.74) is 0.0949. The topological polar surface area (TPSA) is 70.2 Å². The van der Waals surface area contributed by atoms with Gasteiger partial charge in [-0.1, -0.05) is 0 Å². The van der Waals surface area contributed by atoms with Crippen LogP contribution in [0.3, 0.4) is 0 Å². The van der Waals surface area contributed by atoms with Crippen LogP contribution in [0.2, 0.25) is 0 Å². The zero-order chi connectivity index (χ0) is 19.8. The highest BCUT2D eigenvalue weighted by atomic mass is 16.2. The Morgan fingerprint density at radius 1 is 0.690 bits per heavy atom. The van der Waals surface area contributed by atoms with Crippen molar-refractivity contribution in [1.82, 2.24) is 16.0 Å². The summed E-state index contributed by atoms with van der Waals surface area (Å²) in [7, 11) is 0. The Labute approximate surface area is 174 Å². The van der Waals surface area contributed by atoms with Crippen molar-refractivity contribution < 1.29 is 9.59 Å². The quantitative estimate of drug-likeness (QED) is 0.675. The third kappa shape index (κ3) is 3.32. The highest BCUT2D eigenvalue weighted by Crippen LogP contribution is 2.56. The lowest BCUT2D eigenvalue weighted by molar-refractivity contribution is -0.123. The Kier molecular flexibility index (Phi) is 4.15. The summed E-state index contributed by atoms with van der Waals surface area (Å²) in [4.78, 5) is 25.6. The molecular formula is C24H37N3O2. The van der Waals surface area contributed by atoms with Crippen LogP contribution >= 0.6 is 0 Å². The fourth-order valence-corrected chi connectivity index (χ4v) is 9.57. The largest absolute Gasteiger partial charge is 0.332 e. The van der Waals surface area contributed by atoms with E-state index >= 15 is 0 Å². The molecule has 0 saturated heterocycles. The van der Waals surface area contributed by atoms with Crippen molar-refractivity contribution in [2.45, 2.75) is 101 Å². The number of rotatable bonds is 4. The molecule has 8 saturated carbocycles. The molecule has 0 spiro atoms. The molecule has 0 heterocycles. The van der Waals surface area contributed by atoms with Gasteiger partial charge in [-0.2, -0.15) is 0 Å². The molecule has 0 aromatic carbocycles. The van der Waals surface area contributed by atoms with Gasteiger partial charge in [0.2, 0.25) is 5.91 Å². The fraction of sp³-hybridized carbons (Fsp3) is 0.917. The molecule has 8 aliphatic rings. The van der Waals surface area contributed by atoms with E-state index in [9.17, 15) is 9.59 Å². The Bertz CT molecular complexity index is 646. The standard InChI is InChI=1S/C24H37N3O2/c1-14(26-23-8-15-2-16(9-23)4-17(3-15)10-23)21(28)25-22(29)27-24-11-18-5-19(12-24)7-20(6-18)13-24/h14-20,26H,2-13H2,1H3,(H2,25,27,28,29)/t14-,15?,16?,17?,18?,19?,20?,23?,24?/m1/s1. The molecule has 8 rings (SSSR count). The number of nitrogens with one attached hydrogen (secondary N) is 3. The van der Waals surface area contributed by atoms with E-state index in [0.717, 1.165) is 54.8 Å². The molecule has 8 fully saturated rings. The van der Waals surface area contributed by atoms with E-state index in [1.807, 2.05) is 6.92 Å². The van der Waals surface area contributed by atoms with E-state index in [1.165, 1.54) is 57.8 Å². The van der Waals surface area contributed by atoms with Crippen LogP contribution in [-0.4, -0.2) is 29.1 Å². The van der Waals surface area contributed by atoms with E-state index in [-0.39, 0.29) is 29.1 Å². The van der Waals surface area contributed by atoms with Crippen molar-refractivity contribution in [3.63, 3.8) is 0 Å². The molecule has 0 aromatic heterocycles. The minimum Gasteiger partial charge on any atom is -0.332 e. The second-order valence-corrected chi connectivity index (χ2v) is 12.2.